The van der Waals surface area contributed by atoms with Crippen LogP contribution in [0.15, 0.2) is 47.0 Å². The summed E-state index contributed by atoms with van der Waals surface area (Å²) in [7, 11) is 7.25. The zero-order valence-corrected chi connectivity index (χ0v) is 17.0. The summed E-state index contributed by atoms with van der Waals surface area (Å²) in [6.07, 6.45) is -1.39. The standard InChI is InChI=1S/C21H19BN6O3/c1-3-28(2)20(30)18(29)15-10-16(31-27-15)12-6-4-5-11(9-12)13-7-8-14-17(24-13)19(23)26-21(22)25-14/h4-10,18,29H,3H2,1-2H3,(H2,23,25,26)/t18-/m1/s1. The van der Waals surface area contributed by atoms with Gasteiger partial charge in [0.15, 0.2) is 25.5 Å². The normalized spacial score (nSPS) is 12.1. The van der Waals surface area contributed by atoms with Gasteiger partial charge in [0.25, 0.3) is 5.91 Å². The lowest BCUT2D eigenvalue weighted by Gasteiger charge is -2.16. The van der Waals surface area contributed by atoms with Gasteiger partial charge in [-0.25, -0.2) is 15.0 Å². The number of benzene rings is 1. The van der Waals surface area contributed by atoms with E-state index in [0.29, 0.717) is 34.6 Å². The van der Waals surface area contributed by atoms with Crippen LogP contribution in [-0.4, -0.2) is 57.5 Å². The van der Waals surface area contributed by atoms with E-state index in [2.05, 4.69) is 20.1 Å². The van der Waals surface area contributed by atoms with Crippen molar-refractivity contribution in [1.29, 1.82) is 0 Å². The van der Waals surface area contributed by atoms with E-state index in [1.54, 1.807) is 19.2 Å². The number of aromatic nitrogens is 4. The maximum Gasteiger partial charge on any atom is 0.257 e. The predicted octanol–water partition coefficient (Wildman–Crippen LogP) is 1.23. The Morgan fingerprint density at radius 2 is 1.97 bits per heavy atom. The van der Waals surface area contributed by atoms with Gasteiger partial charge in [0.1, 0.15) is 11.2 Å². The molecule has 3 N–H and O–H groups in total. The number of pyridine rings is 1. The number of aliphatic hydroxyl groups excluding tert-OH is 1. The number of hydrogen-bond donors (Lipinski definition) is 2. The topological polar surface area (TPSA) is 131 Å². The number of anilines is 1. The van der Waals surface area contributed by atoms with Crippen molar-refractivity contribution in [3.05, 3.63) is 48.2 Å². The summed E-state index contributed by atoms with van der Waals surface area (Å²) < 4.78 is 5.37. The number of nitrogens with zero attached hydrogens (tertiary/aromatic N) is 5. The second-order valence-corrected chi connectivity index (χ2v) is 6.98. The van der Waals surface area contributed by atoms with Gasteiger partial charge >= 0.3 is 0 Å². The number of likely N-dealkylation sites (N-methyl/N-ethyl adjacent to an activating group) is 1. The van der Waals surface area contributed by atoms with E-state index in [-0.39, 0.29) is 17.2 Å². The molecule has 154 valence electrons. The molecule has 1 atom stereocenters. The molecule has 0 aliphatic heterocycles. The molecule has 2 radical (unpaired) electrons. The van der Waals surface area contributed by atoms with Crippen molar-refractivity contribution in [1.82, 2.24) is 25.0 Å². The zero-order chi connectivity index (χ0) is 22.1. The first-order valence-corrected chi connectivity index (χ1v) is 9.57. The number of rotatable bonds is 5. The first-order valence-electron chi connectivity index (χ1n) is 9.57. The van der Waals surface area contributed by atoms with Crippen molar-refractivity contribution < 1.29 is 14.4 Å². The highest BCUT2D eigenvalue weighted by Gasteiger charge is 2.24. The van der Waals surface area contributed by atoms with Gasteiger partial charge in [0.2, 0.25) is 0 Å². The molecule has 4 aromatic rings. The van der Waals surface area contributed by atoms with Gasteiger partial charge in [-0.1, -0.05) is 23.4 Å². The summed E-state index contributed by atoms with van der Waals surface area (Å²) in [6.45, 7) is 2.30. The maximum absolute atomic E-state index is 12.2. The molecule has 0 bridgehead atoms. The number of hydrogen-bond acceptors (Lipinski definition) is 8. The van der Waals surface area contributed by atoms with E-state index in [4.69, 9.17) is 18.1 Å². The first kappa shape index (κ1) is 20.5. The fraction of sp³-hybridized carbons (Fsp3) is 0.190. The summed E-state index contributed by atoms with van der Waals surface area (Å²) in [6, 6.07) is 12.6. The molecule has 3 heterocycles. The van der Waals surface area contributed by atoms with Gasteiger partial charge in [-0.05, 0) is 25.1 Å². The summed E-state index contributed by atoms with van der Waals surface area (Å²) in [5.74, 6) is 0.173. The van der Waals surface area contributed by atoms with Gasteiger partial charge in [0, 0.05) is 30.8 Å². The molecule has 0 fully saturated rings. The quantitative estimate of drug-likeness (QED) is 0.467. The number of amides is 1. The van der Waals surface area contributed by atoms with Gasteiger partial charge in [0.05, 0.1) is 16.9 Å². The van der Waals surface area contributed by atoms with Gasteiger partial charge < -0.3 is 20.3 Å². The number of aliphatic hydroxyl groups is 1. The van der Waals surface area contributed by atoms with Crippen LogP contribution in [0.4, 0.5) is 5.82 Å². The number of nitrogens with two attached hydrogens (primary N) is 1. The molecular formula is C21H19BN6O3. The van der Waals surface area contributed by atoms with E-state index in [1.807, 2.05) is 37.3 Å². The second-order valence-electron chi connectivity index (χ2n) is 6.98. The Bertz CT molecular complexity index is 1280. The average Bonchev–Trinajstić information content (AvgIpc) is 3.27. The third-order valence-electron chi connectivity index (χ3n) is 4.92. The Kier molecular flexibility index (Phi) is 5.39. The summed E-state index contributed by atoms with van der Waals surface area (Å²) in [4.78, 5) is 26.2. The molecule has 4 rings (SSSR count). The summed E-state index contributed by atoms with van der Waals surface area (Å²) >= 11 is 0. The van der Waals surface area contributed by atoms with Crippen LogP contribution in [0.25, 0.3) is 33.6 Å². The van der Waals surface area contributed by atoms with Crippen molar-refractivity contribution in [2.45, 2.75) is 13.0 Å². The van der Waals surface area contributed by atoms with Gasteiger partial charge in [-0.2, -0.15) is 0 Å². The Morgan fingerprint density at radius 1 is 1.19 bits per heavy atom. The lowest BCUT2D eigenvalue weighted by Crippen LogP contribution is -2.31. The smallest absolute Gasteiger partial charge is 0.257 e. The molecule has 1 aromatic carbocycles. The molecule has 0 unspecified atom stereocenters. The number of carbonyl (C=O) groups excluding carboxylic acids is 1. The van der Waals surface area contributed by atoms with Crippen LogP contribution < -0.4 is 11.5 Å². The van der Waals surface area contributed by atoms with E-state index in [9.17, 15) is 9.90 Å². The van der Waals surface area contributed by atoms with Crippen molar-refractivity contribution in [2.24, 2.45) is 0 Å². The third-order valence-corrected chi connectivity index (χ3v) is 4.92. The van der Waals surface area contributed by atoms with E-state index in [0.717, 1.165) is 5.56 Å². The van der Waals surface area contributed by atoms with E-state index in [1.165, 1.54) is 4.90 Å². The first-order chi connectivity index (χ1) is 14.9. The van der Waals surface area contributed by atoms with Crippen molar-refractivity contribution >= 4 is 36.3 Å². The molecular weight excluding hydrogens is 395 g/mol. The molecule has 9 nitrogen and oxygen atoms in total. The highest BCUT2D eigenvalue weighted by atomic mass is 16.5. The molecule has 0 aliphatic rings. The van der Waals surface area contributed by atoms with E-state index >= 15 is 0 Å². The van der Waals surface area contributed by atoms with Gasteiger partial charge in [-0.3, -0.25) is 4.79 Å². The lowest BCUT2D eigenvalue weighted by molar-refractivity contribution is -0.139. The van der Waals surface area contributed by atoms with Crippen LogP contribution in [0.2, 0.25) is 0 Å². The number of nitrogen functional groups attached to an aromatic ring is 1. The van der Waals surface area contributed by atoms with Crippen LogP contribution in [-0.2, 0) is 4.79 Å². The molecule has 3 aromatic heterocycles. The minimum Gasteiger partial charge on any atom is -0.382 e. The number of carbonyl (C=O) groups is 1. The Balaban J connectivity index is 1.66. The van der Waals surface area contributed by atoms with Crippen molar-refractivity contribution in [3.63, 3.8) is 0 Å². The largest absolute Gasteiger partial charge is 0.382 e. The molecule has 1 amide bonds. The second kappa shape index (κ2) is 8.15. The molecule has 31 heavy (non-hydrogen) atoms. The summed E-state index contributed by atoms with van der Waals surface area (Å²) in [5.41, 5.74) is 9.37. The molecule has 0 saturated carbocycles. The predicted molar refractivity (Wildman–Crippen MR) is 116 cm³/mol. The fourth-order valence-corrected chi connectivity index (χ4v) is 3.09. The SMILES string of the molecule is [B]c1nc(N)c2nc(-c3cccc(-c4cc([C@@H](O)C(=O)N(C)CC)no4)c3)ccc2n1. The fourth-order valence-electron chi connectivity index (χ4n) is 3.09. The molecule has 0 saturated heterocycles. The minimum absolute atomic E-state index is 0.0912. The summed E-state index contributed by atoms with van der Waals surface area (Å²) in [5, 5.41) is 14.1. The minimum atomic E-state index is -1.39. The van der Waals surface area contributed by atoms with E-state index < -0.39 is 12.0 Å². The van der Waals surface area contributed by atoms with Crippen LogP contribution in [0.5, 0.6) is 0 Å². The van der Waals surface area contributed by atoms with Crippen LogP contribution in [0.3, 0.4) is 0 Å². The Morgan fingerprint density at radius 3 is 2.74 bits per heavy atom. The highest BCUT2D eigenvalue weighted by molar-refractivity contribution is 6.29. The third kappa shape index (κ3) is 3.97. The Labute approximate surface area is 179 Å². The average molecular weight is 414 g/mol. The lowest BCUT2D eigenvalue weighted by atomic mass is 10.0. The highest BCUT2D eigenvalue weighted by Crippen LogP contribution is 2.28. The molecule has 0 spiro atoms. The molecule has 10 heteroatoms. The monoisotopic (exact) mass is 414 g/mol. The molecule has 0 aliphatic carbocycles. The van der Waals surface area contributed by atoms with Crippen LogP contribution in [0.1, 0.15) is 18.7 Å². The zero-order valence-electron chi connectivity index (χ0n) is 17.0. The van der Waals surface area contributed by atoms with Crippen molar-refractivity contribution in [3.8, 4) is 22.6 Å². The van der Waals surface area contributed by atoms with Crippen LogP contribution in [0, 0.1) is 0 Å². The van der Waals surface area contributed by atoms with Crippen molar-refractivity contribution in [2.75, 3.05) is 19.3 Å². The Hall–Kier alpha value is -3.79. The maximum atomic E-state index is 12.2. The number of fused-ring (bicyclic) bond motifs is 1. The van der Waals surface area contributed by atoms with Crippen LogP contribution >= 0.6 is 0 Å². The van der Waals surface area contributed by atoms with Gasteiger partial charge in [-0.15, -0.1) is 0 Å².